The number of piperidine rings is 2. The fourth-order valence-corrected chi connectivity index (χ4v) is 8.67. The molecule has 0 atom stereocenters. The fraction of sp³-hybridized carbons (Fsp3) is 0.500. The Morgan fingerprint density at radius 1 is 0.690 bits per heavy atom. The van der Waals surface area contributed by atoms with Gasteiger partial charge >= 0.3 is 0 Å². The zero-order valence-electron chi connectivity index (χ0n) is 18.0. The zero-order chi connectivity index (χ0) is 20.1. The summed E-state index contributed by atoms with van der Waals surface area (Å²) >= 11 is 0. The number of rotatable bonds is 5. The van der Waals surface area contributed by atoms with Gasteiger partial charge in [0.05, 0.1) is 5.69 Å². The van der Waals surface area contributed by atoms with E-state index >= 15 is 0 Å². The molecule has 0 N–H and O–H groups in total. The standard InChI is InChI=1S/C24H35N4P/c1-26(2)23-14-16-24(17-15-23)29(27-18-8-4-9-19-27,28-20-10-5-11-21-28)25-22-12-6-3-7-13-22/h3,6-7,12-17H,4-5,8-11,18-21H2,1-2H3. The van der Waals surface area contributed by atoms with Crippen molar-refractivity contribution in [2.24, 2.45) is 4.74 Å². The summed E-state index contributed by atoms with van der Waals surface area (Å²) in [7, 11) is 2.23. The molecule has 0 amide bonds. The summed E-state index contributed by atoms with van der Waals surface area (Å²) in [6, 6.07) is 20.0. The lowest BCUT2D eigenvalue weighted by Gasteiger charge is -2.47. The molecular weight excluding hydrogens is 375 g/mol. The third-order valence-corrected chi connectivity index (χ3v) is 10.1. The van der Waals surface area contributed by atoms with Crippen LogP contribution in [-0.2, 0) is 0 Å². The van der Waals surface area contributed by atoms with Gasteiger partial charge in [-0.25, -0.2) is 4.74 Å². The van der Waals surface area contributed by atoms with Gasteiger partial charge in [-0.05, 0) is 62.1 Å². The highest BCUT2D eigenvalue weighted by Gasteiger charge is 2.37. The van der Waals surface area contributed by atoms with Crippen molar-refractivity contribution in [1.82, 2.24) is 9.34 Å². The van der Waals surface area contributed by atoms with E-state index in [1.807, 2.05) is 0 Å². The van der Waals surface area contributed by atoms with E-state index in [-0.39, 0.29) is 0 Å². The van der Waals surface area contributed by atoms with Crippen molar-refractivity contribution in [2.45, 2.75) is 38.5 Å². The summed E-state index contributed by atoms with van der Waals surface area (Å²) in [5, 5.41) is 1.41. The number of nitrogens with zero attached hydrogens (tertiary/aromatic N) is 4. The number of anilines is 1. The van der Waals surface area contributed by atoms with Crippen molar-refractivity contribution in [3.63, 3.8) is 0 Å². The van der Waals surface area contributed by atoms with Gasteiger partial charge in [0.15, 0.2) is 0 Å². The smallest absolute Gasteiger partial charge is 0.132 e. The number of benzene rings is 2. The van der Waals surface area contributed by atoms with E-state index in [1.54, 1.807) is 0 Å². The molecule has 0 radical (unpaired) electrons. The summed E-state index contributed by atoms with van der Waals surface area (Å²) in [6.07, 6.45) is 7.85. The minimum atomic E-state index is -2.00. The summed E-state index contributed by atoms with van der Waals surface area (Å²) in [4.78, 5) is 2.18. The van der Waals surface area contributed by atoms with Crippen LogP contribution in [0.4, 0.5) is 11.4 Å². The first-order valence-electron chi connectivity index (χ1n) is 11.2. The van der Waals surface area contributed by atoms with Crippen molar-refractivity contribution in [1.29, 1.82) is 0 Å². The van der Waals surface area contributed by atoms with Crippen LogP contribution in [0.1, 0.15) is 38.5 Å². The van der Waals surface area contributed by atoms with Gasteiger partial charge in [-0.15, -0.1) is 0 Å². The van der Waals surface area contributed by atoms with Gasteiger partial charge in [-0.1, -0.05) is 31.0 Å². The minimum Gasteiger partial charge on any atom is -0.378 e. The number of hydrogen-bond acceptors (Lipinski definition) is 2. The van der Waals surface area contributed by atoms with Crippen LogP contribution in [0.15, 0.2) is 59.3 Å². The van der Waals surface area contributed by atoms with Crippen LogP contribution in [-0.4, -0.2) is 49.6 Å². The molecule has 0 saturated carbocycles. The van der Waals surface area contributed by atoms with Crippen LogP contribution < -0.4 is 10.2 Å². The average molecular weight is 411 g/mol. The van der Waals surface area contributed by atoms with Crippen molar-refractivity contribution >= 4 is 24.0 Å². The van der Waals surface area contributed by atoms with Crippen molar-refractivity contribution < 1.29 is 0 Å². The Bertz CT molecular complexity index is 798. The van der Waals surface area contributed by atoms with Crippen LogP contribution >= 0.6 is 7.36 Å². The summed E-state index contributed by atoms with van der Waals surface area (Å²) in [6.45, 7) is 4.65. The van der Waals surface area contributed by atoms with Gasteiger partial charge in [0.2, 0.25) is 0 Å². The first-order chi connectivity index (χ1) is 14.2. The normalized spacial score (nSPS) is 19.1. The SMILES string of the molecule is CN(C)c1ccc(P(=Nc2ccccc2)(N2CCCCC2)N2CCCCC2)cc1. The second-order valence-corrected chi connectivity index (χ2v) is 11.4. The predicted molar refractivity (Wildman–Crippen MR) is 127 cm³/mol. The van der Waals surface area contributed by atoms with Crippen LogP contribution in [0.5, 0.6) is 0 Å². The van der Waals surface area contributed by atoms with Gasteiger partial charge in [-0.3, -0.25) is 9.34 Å². The summed E-state index contributed by atoms with van der Waals surface area (Å²) in [5.41, 5.74) is 2.37. The monoisotopic (exact) mass is 410 g/mol. The largest absolute Gasteiger partial charge is 0.378 e. The molecule has 29 heavy (non-hydrogen) atoms. The molecule has 4 rings (SSSR count). The van der Waals surface area contributed by atoms with E-state index in [0.717, 1.165) is 31.9 Å². The molecule has 0 bridgehead atoms. The fourth-order valence-electron chi connectivity index (χ4n) is 4.61. The highest BCUT2D eigenvalue weighted by atomic mass is 31.2. The molecule has 2 heterocycles. The quantitative estimate of drug-likeness (QED) is 0.589. The lowest BCUT2D eigenvalue weighted by atomic mass is 10.2. The Labute approximate surface area is 176 Å². The van der Waals surface area contributed by atoms with Crippen LogP contribution in [0.2, 0.25) is 0 Å². The van der Waals surface area contributed by atoms with E-state index in [0.29, 0.717) is 0 Å². The van der Waals surface area contributed by atoms with Gasteiger partial charge in [-0.2, -0.15) is 0 Å². The second-order valence-electron chi connectivity index (χ2n) is 8.44. The van der Waals surface area contributed by atoms with E-state index in [2.05, 4.69) is 82.9 Å². The predicted octanol–water partition coefficient (Wildman–Crippen LogP) is 5.71. The summed E-state index contributed by atoms with van der Waals surface area (Å²) < 4.78 is 11.2. The molecule has 2 aromatic carbocycles. The molecule has 2 fully saturated rings. The number of hydrogen-bond donors (Lipinski definition) is 0. The molecule has 2 saturated heterocycles. The van der Waals surface area contributed by atoms with Crippen LogP contribution in [0.3, 0.4) is 0 Å². The maximum atomic E-state index is 5.63. The van der Waals surface area contributed by atoms with Gasteiger partial charge in [0.1, 0.15) is 7.36 Å². The minimum absolute atomic E-state index is 1.12. The van der Waals surface area contributed by atoms with Crippen LogP contribution in [0.25, 0.3) is 0 Å². The second kappa shape index (κ2) is 9.47. The van der Waals surface area contributed by atoms with E-state index in [1.165, 1.54) is 49.5 Å². The first-order valence-corrected chi connectivity index (χ1v) is 12.8. The van der Waals surface area contributed by atoms with Gasteiger partial charge in [0, 0.05) is 51.3 Å². The van der Waals surface area contributed by atoms with E-state index in [4.69, 9.17) is 4.74 Å². The molecule has 0 spiro atoms. The topological polar surface area (TPSA) is 22.1 Å². The highest BCUT2D eigenvalue weighted by molar-refractivity contribution is 7.69. The Morgan fingerprint density at radius 3 is 1.69 bits per heavy atom. The lowest BCUT2D eigenvalue weighted by molar-refractivity contribution is 0.309. The molecule has 2 aliphatic rings. The van der Waals surface area contributed by atoms with Crippen molar-refractivity contribution in [3.05, 3.63) is 54.6 Å². The van der Waals surface area contributed by atoms with Crippen molar-refractivity contribution in [2.75, 3.05) is 45.2 Å². The molecule has 5 heteroatoms. The molecule has 4 nitrogen and oxygen atoms in total. The average Bonchev–Trinajstić information content (AvgIpc) is 2.79. The Kier molecular flexibility index (Phi) is 6.74. The lowest BCUT2D eigenvalue weighted by Crippen LogP contribution is -2.41. The third kappa shape index (κ3) is 4.45. The molecule has 0 aromatic heterocycles. The molecular formula is C24H35N4P. The zero-order valence-corrected chi connectivity index (χ0v) is 18.9. The summed E-state index contributed by atoms with van der Waals surface area (Å²) in [5.74, 6) is 0. The third-order valence-electron chi connectivity index (χ3n) is 6.18. The molecule has 2 aromatic rings. The molecule has 2 aliphatic heterocycles. The molecule has 156 valence electrons. The maximum Gasteiger partial charge on any atom is 0.132 e. The Morgan fingerprint density at radius 2 is 1.21 bits per heavy atom. The van der Waals surface area contributed by atoms with E-state index < -0.39 is 7.36 Å². The highest BCUT2D eigenvalue weighted by Crippen LogP contribution is 2.59. The maximum absolute atomic E-state index is 5.63. The first kappa shape index (κ1) is 20.7. The Hall–Kier alpha value is -1.61. The Balaban J connectivity index is 1.90. The molecule has 0 aliphatic carbocycles. The van der Waals surface area contributed by atoms with E-state index in [9.17, 15) is 0 Å². The van der Waals surface area contributed by atoms with Crippen molar-refractivity contribution in [3.8, 4) is 0 Å². The molecule has 0 unspecified atom stereocenters. The van der Waals surface area contributed by atoms with Gasteiger partial charge < -0.3 is 4.90 Å². The van der Waals surface area contributed by atoms with Crippen LogP contribution in [0, 0.1) is 0 Å². The van der Waals surface area contributed by atoms with Gasteiger partial charge in [0.25, 0.3) is 0 Å².